The lowest BCUT2D eigenvalue weighted by Gasteiger charge is -2.27. The van der Waals surface area contributed by atoms with Crippen LogP contribution in [0.1, 0.15) is 33.1 Å². The summed E-state index contributed by atoms with van der Waals surface area (Å²) in [4.78, 5) is 4.77. The second kappa shape index (κ2) is 8.90. The van der Waals surface area contributed by atoms with Crippen molar-refractivity contribution in [1.82, 2.24) is 15.1 Å². The molecule has 0 aliphatic heterocycles. The Bertz CT molecular complexity index is 229. The summed E-state index contributed by atoms with van der Waals surface area (Å²) < 4.78 is 0. The minimum Gasteiger partial charge on any atom is -0.395 e. The van der Waals surface area contributed by atoms with Gasteiger partial charge in [-0.2, -0.15) is 0 Å². The first-order valence-electron chi connectivity index (χ1n) is 7.75. The van der Waals surface area contributed by atoms with E-state index in [0.717, 1.165) is 32.6 Å². The highest BCUT2D eigenvalue weighted by molar-refractivity contribution is 4.85. The molecule has 1 unspecified atom stereocenters. The monoisotopic (exact) mass is 271 g/mol. The molecule has 0 aromatic rings. The van der Waals surface area contributed by atoms with Crippen LogP contribution in [0.4, 0.5) is 0 Å². The lowest BCUT2D eigenvalue weighted by Crippen LogP contribution is -2.40. The van der Waals surface area contributed by atoms with Crippen molar-refractivity contribution in [2.75, 3.05) is 46.9 Å². The Morgan fingerprint density at radius 1 is 1.16 bits per heavy atom. The molecule has 0 saturated heterocycles. The molecular formula is C15H33N3O. The van der Waals surface area contributed by atoms with Crippen molar-refractivity contribution >= 4 is 0 Å². The van der Waals surface area contributed by atoms with E-state index in [1.54, 1.807) is 0 Å². The minimum atomic E-state index is 0.264. The SMILES string of the molecule is CC(C)CN(CCC(CO)NC1CC1)CCN(C)C. The summed E-state index contributed by atoms with van der Waals surface area (Å²) in [7, 11) is 4.25. The van der Waals surface area contributed by atoms with E-state index < -0.39 is 0 Å². The van der Waals surface area contributed by atoms with Gasteiger partial charge in [-0.25, -0.2) is 0 Å². The van der Waals surface area contributed by atoms with E-state index >= 15 is 0 Å². The van der Waals surface area contributed by atoms with E-state index in [0.29, 0.717) is 12.0 Å². The summed E-state index contributed by atoms with van der Waals surface area (Å²) in [6.45, 7) is 9.26. The quantitative estimate of drug-likeness (QED) is 0.588. The molecule has 1 saturated carbocycles. The zero-order chi connectivity index (χ0) is 14.3. The molecule has 1 fully saturated rings. The van der Waals surface area contributed by atoms with Crippen molar-refractivity contribution in [1.29, 1.82) is 0 Å². The maximum Gasteiger partial charge on any atom is 0.0585 e. The Morgan fingerprint density at radius 3 is 2.32 bits per heavy atom. The summed E-state index contributed by atoms with van der Waals surface area (Å²) in [6, 6.07) is 0.957. The second-order valence-electron chi connectivity index (χ2n) is 6.61. The van der Waals surface area contributed by atoms with Gasteiger partial charge >= 0.3 is 0 Å². The van der Waals surface area contributed by atoms with Crippen LogP contribution in [0, 0.1) is 5.92 Å². The predicted molar refractivity (Wildman–Crippen MR) is 81.5 cm³/mol. The van der Waals surface area contributed by atoms with Crippen LogP contribution in [0.15, 0.2) is 0 Å². The Morgan fingerprint density at radius 2 is 1.84 bits per heavy atom. The number of aliphatic hydroxyl groups is 1. The van der Waals surface area contributed by atoms with Gasteiger partial charge in [0, 0.05) is 31.7 Å². The van der Waals surface area contributed by atoms with E-state index in [9.17, 15) is 5.11 Å². The maximum absolute atomic E-state index is 9.43. The van der Waals surface area contributed by atoms with Gasteiger partial charge in [0.2, 0.25) is 0 Å². The number of likely N-dealkylation sites (N-methyl/N-ethyl adjacent to an activating group) is 1. The normalized spacial score (nSPS) is 17.7. The number of rotatable bonds is 11. The van der Waals surface area contributed by atoms with E-state index in [2.05, 4.69) is 43.1 Å². The van der Waals surface area contributed by atoms with E-state index in [-0.39, 0.29) is 12.6 Å². The summed E-state index contributed by atoms with van der Waals surface area (Å²) in [5, 5.41) is 13.0. The number of hydrogen-bond donors (Lipinski definition) is 2. The molecule has 0 radical (unpaired) electrons. The highest BCUT2D eigenvalue weighted by atomic mass is 16.3. The first-order valence-corrected chi connectivity index (χ1v) is 7.75. The van der Waals surface area contributed by atoms with Gasteiger partial charge in [0.15, 0.2) is 0 Å². The Hall–Kier alpha value is -0.160. The van der Waals surface area contributed by atoms with Crippen LogP contribution in [-0.2, 0) is 0 Å². The molecule has 4 heteroatoms. The van der Waals surface area contributed by atoms with Gasteiger partial charge in [0.05, 0.1) is 6.61 Å². The summed E-state index contributed by atoms with van der Waals surface area (Å²) in [5.74, 6) is 0.700. The van der Waals surface area contributed by atoms with Crippen LogP contribution in [0.2, 0.25) is 0 Å². The number of hydrogen-bond acceptors (Lipinski definition) is 4. The third-order valence-electron chi connectivity index (χ3n) is 3.55. The molecule has 1 rings (SSSR count). The third kappa shape index (κ3) is 8.58. The van der Waals surface area contributed by atoms with E-state index in [1.165, 1.54) is 12.8 Å². The molecule has 0 heterocycles. The Labute approximate surface area is 119 Å². The molecule has 0 aromatic carbocycles. The Balaban J connectivity index is 2.27. The molecule has 0 aromatic heterocycles. The Kier molecular flexibility index (Phi) is 7.91. The van der Waals surface area contributed by atoms with Crippen molar-refractivity contribution in [3.05, 3.63) is 0 Å². The lowest BCUT2D eigenvalue weighted by atomic mass is 10.1. The molecule has 4 nitrogen and oxygen atoms in total. The fourth-order valence-corrected chi connectivity index (χ4v) is 2.30. The molecule has 1 atom stereocenters. The molecule has 0 amide bonds. The smallest absolute Gasteiger partial charge is 0.0585 e. The zero-order valence-electron chi connectivity index (χ0n) is 13.2. The van der Waals surface area contributed by atoms with E-state index in [4.69, 9.17) is 0 Å². The molecule has 19 heavy (non-hydrogen) atoms. The highest BCUT2D eigenvalue weighted by Crippen LogP contribution is 2.20. The van der Waals surface area contributed by atoms with Gasteiger partial charge in [0.1, 0.15) is 0 Å². The summed E-state index contributed by atoms with van der Waals surface area (Å²) >= 11 is 0. The van der Waals surface area contributed by atoms with Crippen molar-refractivity contribution in [3.8, 4) is 0 Å². The minimum absolute atomic E-state index is 0.264. The number of aliphatic hydroxyl groups excluding tert-OH is 1. The van der Waals surface area contributed by atoms with Crippen molar-refractivity contribution in [2.24, 2.45) is 5.92 Å². The van der Waals surface area contributed by atoms with Crippen molar-refractivity contribution in [3.63, 3.8) is 0 Å². The van der Waals surface area contributed by atoms with Crippen LogP contribution in [0.25, 0.3) is 0 Å². The molecule has 0 bridgehead atoms. The number of nitrogens with zero attached hydrogens (tertiary/aromatic N) is 2. The van der Waals surface area contributed by atoms with Crippen LogP contribution < -0.4 is 5.32 Å². The maximum atomic E-state index is 9.43. The molecule has 0 spiro atoms. The lowest BCUT2D eigenvalue weighted by molar-refractivity contribution is 0.184. The van der Waals surface area contributed by atoms with Gasteiger partial charge in [0.25, 0.3) is 0 Å². The van der Waals surface area contributed by atoms with Crippen molar-refractivity contribution in [2.45, 2.75) is 45.2 Å². The van der Waals surface area contributed by atoms with Crippen LogP contribution in [0.3, 0.4) is 0 Å². The molecule has 2 N–H and O–H groups in total. The van der Waals surface area contributed by atoms with Crippen LogP contribution in [-0.4, -0.2) is 73.9 Å². The standard InChI is InChI=1S/C15H33N3O/c1-13(2)11-18(10-9-17(3)4)8-7-15(12-19)16-14-5-6-14/h13-16,19H,5-12H2,1-4H3. The summed E-state index contributed by atoms with van der Waals surface area (Å²) in [5.41, 5.74) is 0. The summed E-state index contributed by atoms with van der Waals surface area (Å²) in [6.07, 6.45) is 3.62. The van der Waals surface area contributed by atoms with Crippen LogP contribution >= 0.6 is 0 Å². The second-order valence-corrected chi connectivity index (χ2v) is 6.61. The van der Waals surface area contributed by atoms with Gasteiger partial charge < -0.3 is 20.2 Å². The average molecular weight is 271 g/mol. The van der Waals surface area contributed by atoms with E-state index in [1.807, 2.05) is 0 Å². The van der Waals surface area contributed by atoms with Gasteiger partial charge in [-0.1, -0.05) is 13.8 Å². The van der Waals surface area contributed by atoms with Crippen molar-refractivity contribution < 1.29 is 5.11 Å². The fraction of sp³-hybridized carbons (Fsp3) is 1.00. The first-order chi connectivity index (χ1) is 9.01. The third-order valence-corrected chi connectivity index (χ3v) is 3.55. The fourth-order valence-electron chi connectivity index (χ4n) is 2.30. The predicted octanol–water partition coefficient (Wildman–Crippen LogP) is 1.01. The largest absolute Gasteiger partial charge is 0.395 e. The van der Waals surface area contributed by atoms with Gasteiger partial charge in [-0.05, 0) is 45.8 Å². The first kappa shape index (κ1) is 16.9. The molecule has 1 aliphatic rings. The van der Waals surface area contributed by atoms with Gasteiger partial charge in [-0.3, -0.25) is 0 Å². The zero-order valence-corrected chi connectivity index (χ0v) is 13.2. The molecular weight excluding hydrogens is 238 g/mol. The highest BCUT2D eigenvalue weighted by Gasteiger charge is 2.24. The molecule has 1 aliphatic carbocycles. The molecule has 114 valence electrons. The van der Waals surface area contributed by atoms with Crippen LogP contribution in [0.5, 0.6) is 0 Å². The topological polar surface area (TPSA) is 38.7 Å². The average Bonchev–Trinajstić information content (AvgIpc) is 3.13. The number of nitrogens with one attached hydrogen (secondary N) is 1. The van der Waals surface area contributed by atoms with Gasteiger partial charge in [-0.15, -0.1) is 0 Å².